The van der Waals surface area contributed by atoms with Crippen molar-refractivity contribution in [1.29, 1.82) is 0 Å². The van der Waals surface area contributed by atoms with Crippen molar-refractivity contribution < 1.29 is 4.52 Å². The van der Waals surface area contributed by atoms with Crippen LogP contribution in [0.25, 0.3) is 11.6 Å². The highest BCUT2D eigenvalue weighted by molar-refractivity contribution is 5.44. The van der Waals surface area contributed by atoms with Crippen LogP contribution < -0.4 is 5.73 Å². The zero-order valence-electron chi connectivity index (χ0n) is 11.3. The zero-order valence-corrected chi connectivity index (χ0v) is 11.3. The van der Waals surface area contributed by atoms with Crippen molar-refractivity contribution in [3.8, 4) is 11.6 Å². The van der Waals surface area contributed by atoms with Gasteiger partial charge >= 0.3 is 0 Å². The molecular weight excluding hydrogens is 242 g/mol. The standard InChI is InChI=1S/C13H19N5O/c1-9-4-3-5-13(14,6-9)12-16-11(19-17-12)10-7-18(2)8-15-10/h7-9H,3-6,14H2,1-2H3. The fraction of sp³-hybridized carbons (Fsp3) is 0.615. The van der Waals surface area contributed by atoms with Gasteiger partial charge in [-0.3, -0.25) is 0 Å². The van der Waals surface area contributed by atoms with Gasteiger partial charge in [0.2, 0.25) is 0 Å². The maximum atomic E-state index is 6.46. The number of aromatic nitrogens is 4. The molecule has 2 heterocycles. The molecule has 1 fully saturated rings. The van der Waals surface area contributed by atoms with E-state index in [0.29, 0.717) is 23.3 Å². The Kier molecular flexibility index (Phi) is 2.89. The van der Waals surface area contributed by atoms with Crippen molar-refractivity contribution >= 4 is 0 Å². The molecule has 1 aliphatic carbocycles. The lowest BCUT2D eigenvalue weighted by Gasteiger charge is -2.33. The van der Waals surface area contributed by atoms with Gasteiger partial charge < -0.3 is 14.8 Å². The molecule has 0 saturated heterocycles. The summed E-state index contributed by atoms with van der Waals surface area (Å²) in [7, 11) is 1.90. The minimum atomic E-state index is -0.450. The van der Waals surface area contributed by atoms with Gasteiger partial charge in [-0.1, -0.05) is 24.9 Å². The molecule has 2 aromatic heterocycles. The molecule has 0 amide bonds. The van der Waals surface area contributed by atoms with Crippen LogP contribution in [0.3, 0.4) is 0 Å². The molecule has 1 aliphatic rings. The topological polar surface area (TPSA) is 82.8 Å². The fourth-order valence-electron chi connectivity index (χ4n) is 2.85. The molecule has 2 unspecified atom stereocenters. The molecule has 0 spiro atoms. The van der Waals surface area contributed by atoms with Gasteiger partial charge in [-0.15, -0.1) is 0 Å². The molecule has 6 heteroatoms. The molecule has 0 radical (unpaired) electrons. The van der Waals surface area contributed by atoms with E-state index in [9.17, 15) is 0 Å². The monoisotopic (exact) mass is 261 g/mol. The summed E-state index contributed by atoms with van der Waals surface area (Å²) in [5.74, 6) is 1.66. The Bertz CT molecular complexity index is 575. The molecule has 102 valence electrons. The van der Waals surface area contributed by atoms with E-state index in [0.717, 1.165) is 19.3 Å². The molecule has 2 atom stereocenters. The molecule has 3 rings (SSSR count). The lowest BCUT2D eigenvalue weighted by molar-refractivity contribution is 0.222. The zero-order chi connectivity index (χ0) is 13.5. The van der Waals surface area contributed by atoms with Crippen molar-refractivity contribution in [3.63, 3.8) is 0 Å². The summed E-state index contributed by atoms with van der Waals surface area (Å²) in [6, 6.07) is 0. The van der Waals surface area contributed by atoms with Crippen molar-refractivity contribution in [2.24, 2.45) is 18.7 Å². The van der Waals surface area contributed by atoms with E-state index in [2.05, 4.69) is 22.0 Å². The highest BCUT2D eigenvalue weighted by Gasteiger charge is 2.37. The van der Waals surface area contributed by atoms with Gasteiger partial charge in [0, 0.05) is 13.2 Å². The van der Waals surface area contributed by atoms with Crippen LogP contribution in [0.1, 0.15) is 38.4 Å². The number of imidazole rings is 1. The van der Waals surface area contributed by atoms with Crippen LogP contribution >= 0.6 is 0 Å². The third kappa shape index (κ3) is 2.28. The van der Waals surface area contributed by atoms with Crippen molar-refractivity contribution in [1.82, 2.24) is 19.7 Å². The third-order valence-corrected chi connectivity index (χ3v) is 3.83. The van der Waals surface area contributed by atoms with Gasteiger partial charge in [0.15, 0.2) is 5.82 Å². The quantitative estimate of drug-likeness (QED) is 0.891. The Labute approximate surface area is 112 Å². The summed E-state index contributed by atoms with van der Waals surface area (Å²) in [4.78, 5) is 8.65. The summed E-state index contributed by atoms with van der Waals surface area (Å²) in [6.07, 6.45) is 7.73. The molecule has 0 bridgehead atoms. The number of hydrogen-bond donors (Lipinski definition) is 1. The van der Waals surface area contributed by atoms with E-state index in [1.54, 1.807) is 6.33 Å². The van der Waals surface area contributed by atoms with E-state index >= 15 is 0 Å². The number of nitrogens with two attached hydrogens (primary N) is 1. The van der Waals surface area contributed by atoms with Crippen LogP contribution in [-0.4, -0.2) is 19.7 Å². The SMILES string of the molecule is CC1CCCC(N)(c2noc(-c3cn(C)cn3)n2)C1. The number of aryl methyl sites for hydroxylation is 1. The van der Waals surface area contributed by atoms with Gasteiger partial charge in [0.05, 0.1) is 11.9 Å². The maximum absolute atomic E-state index is 6.46. The number of nitrogens with zero attached hydrogens (tertiary/aromatic N) is 4. The van der Waals surface area contributed by atoms with E-state index in [1.807, 2.05) is 17.8 Å². The van der Waals surface area contributed by atoms with Crippen molar-refractivity contribution in [2.75, 3.05) is 0 Å². The van der Waals surface area contributed by atoms with Crippen LogP contribution in [0.5, 0.6) is 0 Å². The molecule has 0 aromatic carbocycles. The minimum absolute atomic E-state index is 0.443. The highest BCUT2D eigenvalue weighted by atomic mass is 16.5. The van der Waals surface area contributed by atoms with E-state index in [1.165, 1.54) is 6.42 Å². The Morgan fingerprint density at radius 2 is 2.37 bits per heavy atom. The van der Waals surface area contributed by atoms with Crippen LogP contribution in [0.15, 0.2) is 17.0 Å². The summed E-state index contributed by atoms with van der Waals surface area (Å²) in [5.41, 5.74) is 6.70. The van der Waals surface area contributed by atoms with Crippen molar-refractivity contribution in [3.05, 3.63) is 18.3 Å². The molecule has 0 aliphatic heterocycles. The summed E-state index contributed by atoms with van der Waals surface area (Å²) < 4.78 is 7.15. The van der Waals surface area contributed by atoms with Crippen LogP contribution in [-0.2, 0) is 12.6 Å². The largest absolute Gasteiger partial charge is 0.340 e. The minimum Gasteiger partial charge on any atom is -0.340 e. The predicted molar refractivity (Wildman–Crippen MR) is 70.0 cm³/mol. The van der Waals surface area contributed by atoms with Crippen LogP contribution in [0, 0.1) is 5.92 Å². The second kappa shape index (κ2) is 4.45. The Morgan fingerprint density at radius 1 is 1.53 bits per heavy atom. The lowest BCUT2D eigenvalue weighted by Crippen LogP contribution is -2.42. The average molecular weight is 261 g/mol. The third-order valence-electron chi connectivity index (χ3n) is 3.83. The van der Waals surface area contributed by atoms with Crippen LogP contribution in [0.2, 0.25) is 0 Å². The smallest absolute Gasteiger partial charge is 0.278 e. The van der Waals surface area contributed by atoms with E-state index in [4.69, 9.17) is 10.3 Å². The maximum Gasteiger partial charge on any atom is 0.278 e. The first kappa shape index (κ1) is 12.3. The molecule has 2 aromatic rings. The summed E-state index contributed by atoms with van der Waals surface area (Å²) in [5, 5.41) is 4.07. The normalized spacial score (nSPS) is 27.6. The second-order valence-corrected chi connectivity index (χ2v) is 5.71. The number of hydrogen-bond acceptors (Lipinski definition) is 5. The number of rotatable bonds is 2. The van der Waals surface area contributed by atoms with Gasteiger partial charge in [-0.25, -0.2) is 4.98 Å². The average Bonchev–Trinajstić information content (AvgIpc) is 2.96. The first-order chi connectivity index (χ1) is 9.07. The Morgan fingerprint density at radius 3 is 3.05 bits per heavy atom. The van der Waals surface area contributed by atoms with Gasteiger partial charge in [-0.2, -0.15) is 4.98 Å². The van der Waals surface area contributed by atoms with E-state index in [-0.39, 0.29) is 0 Å². The van der Waals surface area contributed by atoms with Crippen LogP contribution in [0.4, 0.5) is 0 Å². The predicted octanol–water partition coefficient (Wildman–Crippen LogP) is 1.83. The first-order valence-electron chi connectivity index (χ1n) is 6.68. The summed E-state index contributed by atoms with van der Waals surface area (Å²) in [6.45, 7) is 2.22. The lowest BCUT2D eigenvalue weighted by atomic mass is 9.76. The Hall–Kier alpha value is -1.69. The molecule has 19 heavy (non-hydrogen) atoms. The highest BCUT2D eigenvalue weighted by Crippen LogP contribution is 2.36. The van der Waals surface area contributed by atoms with Gasteiger partial charge in [0.25, 0.3) is 5.89 Å². The van der Waals surface area contributed by atoms with Gasteiger partial charge in [-0.05, 0) is 18.8 Å². The fourth-order valence-corrected chi connectivity index (χ4v) is 2.85. The molecule has 6 nitrogen and oxygen atoms in total. The summed E-state index contributed by atoms with van der Waals surface area (Å²) >= 11 is 0. The van der Waals surface area contributed by atoms with Crippen molar-refractivity contribution in [2.45, 2.75) is 38.1 Å². The Balaban J connectivity index is 1.88. The van der Waals surface area contributed by atoms with E-state index < -0.39 is 5.54 Å². The molecular formula is C13H19N5O. The second-order valence-electron chi connectivity index (χ2n) is 5.71. The molecule has 1 saturated carbocycles. The first-order valence-corrected chi connectivity index (χ1v) is 6.68. The van der Waals surface area contributed by atoms with Gasteiger partial charge in [0.1, 0.15) is 5.69 Å². The molecule has 2 N–H and O–H groups in total.